The lowest BCUT2D eigenvalue weighted by molar-refractivity contribution is 0.0630. The highest BCUT2D eigenvalue weighted by Gasteiger charge is 2.29. The van der Waals surface area contributed by atoms with Gasteiger partial charge in [0.1, 0.15) is 0 Å². The molecular formula is C18H23N5O2. The molecule has 132 valence electrons. The molecule has 2 amide bonds. The summed E-state index contributed by atoms with van der Waals surface area (Å²) in [5.41, 5.74) is 1.01. The molecule has 0 spiro atoms. The van der Waals surface area contributed by atoms with Gasteiger partial charge in [-0.05, 0) is 31.5 Å². The number of piperazine rings is 1. The summed E-state index contributed by atoms with van der Waals surface area (Å²) in [5, 5.41) is 2.96. The second kappa shape index (κ2) is 6.48. The fraction of sp³-hybridized carbons (Fsp3) is 0.500. The smallest absolute Gasteiger partial charge is 0.290 e. The molecule has 25 heavy (non-hydrogen) atoms. The van der Waals surface area contributed by atoms with Crippen molar-refractivity contribution < 1.29 is 9.59 Å². The number of imidazole rings is 1. The number of hydrogen-bond donors (Lipinski definition) is 1. The monoisotopic (exact) mass is 341 g/mol. The molecule has 1 saturated carbocycles. The fourth-order valence-corrected chi connectivity index (χ4v) is 3.25. The second-order valence-electron chi connectivity index (χ2n) is 6.71. The lowest BCUT2D eigenvalue weighted by atomic mass is 10.3. The van der Waals surface area contributed by atoms with Gasteiger partial charge in [0.15, 0.2) is 5.69 Å². The van der Waals surface area contributed by atoms with Gasteiger partial charge in [-0.15, -0.1) is 0 Å². The van der Waals surface area contributed by atoms with E-state index < -0.39 is 0 Å². The first-order valence-electron chi connectivity index (χ1n) is 8.97. The number of likely N-dealkylation sites (N-methyl/N-ethyl adjacent to an activating group) is 1. The number of aromatic nitrogens is 2. The highest BCUT2D eigenvalue weighted by Crippen LogP contribution is 2.21. The molecule has 1 aliphatic carbocycles. The third-order valence-electron chi connectivity index (χ3n) is 4.97. The average molecular weight is 341 g/mol. The predicted octanol–water partition coefficient (Wildman–Crippen LogP) is 1.00. The summed E-state index contributed by atoms with van der Waals surface area (Å²) < 4.78 is 1.73. The van der Waals surface area contributed by atoms with Crippen molar-refractivity contribution in [1.29, 1.82) is 0 Å². The Kier molecular flexibility index (Phi) is 4.17. The molecule has 3 heterocycles. The number of carbonyl (C=O) groups excluding carboxylic acids is 2. The summed E-state index contributed by atoms with van der Waals surface area (Å²) >= 11 is 0. The van der Waals surface area contributed by atoms with Crippen molar-refractivity contribution in [2.24, 2.45) is 0 Å². The lowest BCUT2D eigenvalue weighted by Crippen LogP contribution is -2.48. The number of hydrogen-bond acceptors (Lipinski definition) is 4. The molecule has 1 N–H and O–H groups in total. The quantitative estimate of drug-likeness (QED) is 0.901. The maximum absolute atomic E-state index is 13.0. The Morgan fingerprint density at radius 2 is 1.96 bits per heavy atom. The maximum Gasteiger partial charge on any atom is 0.290 e. The number of rotatable bonds is 4. The van der Waals surface area contributed by atoms with Crippen LogP contribution in [0.5, 0.6) is 0 Å². The molecule has 0 unspecified atom stereocenters. The Labute approximate surface area is 146 Å². The highest BCUT2D eigenvalue weighted by molar-refractivity contribution is 6.02. The molecule has 2 aromatic heterocycles. The van der Waals surface area contributed by atoms with Crippen LogP contribution in [0.25, 0.3) is 5.52 Å². The third-order valence-corrected chi connectivity index (χ3v) is 4.97. The minimum atomic E-state index is -0.193. The van der Waals surface area contributed by atoms with Crippen molar-refractivity contribution >= 4 is 17.3 Å². The molecule has 4 rings (SSSR count). The minimum absolute atomic E-state index is 0.109. The largest absolute Gasteiger partial charge is 0.348 e. The minimum Gasteiger partial charge on any atom is -0.348 e. The van der Waals surface area contributed by atoms with Gasteiger partial charge in [-0.2, -0.15) is 0 Å². The first-order valence-corrected chi connectivity index (χ1v) is 8.97. The molecule has 0 atom stereocenters. The number of fused-ring (bicyclic) bond motifs is 1. The third kappa shape index (κ3) is 3.11. The standard InChI is InChI=1S/C18H23N5O2/c1-2-21-9-11-22(12-10-21)18(25)16-20-15(17(24)19-13-6-7-13)14-5-3-4-8-23(14)16/h3-5,8,13H,2,6-7,9-12H2,1H3,(H,19,24). The zero-order valence-corrected chi connectivity index (χ0v) is 14.4. The van der Waals surface area contributed by atoms with E-state index in [-0.39, 0.29) is 17.9 Å². The first kappa shape index (κ1) is 16.1. The molecular weight excluding hydrogens is 318 g/mol. The van der Waals surface area contributed by atoms with E-state index in [0.717, 1.165) is 32.5 Å². The number of pyridine rings is 1. The molecule has 0 radical (unpaired) electrons. The molecule has 1 saturated heterocycles. The summed E-state index contributed by atoms with van der Waals surface area (Å²) in [6, 6.07) is 5.80. The van der Waals surface area contributed by atoms with Crippen molar-refractivity contribution in [3.05, 3.63) is 35.9 Å². The van der Waals surface area contributed by atoms with Gasteiger partial charge >= 0.3 is 0 Å². The van der Waals surface area contributed by atoms with Gasteiger partial charge in [-0.25, -0.2) is 4.98 Å². The van der Waals surface area contributed by atoms with Crippen LogP contribution >= 0.6 is 0 Å². The Balaban J connectivity index is 1.62. The molecule has 2 aliphatic rings. The summed E-state index contributed by atoms with van der Waals surface area (Å²) in [7, 11) is 0. The molecule has 0 bridgehead atoms. The topological polar surface area (TPSA) is 69.9 Å². The van der Waals surface area contributed by atoms with E-state index in [4.69, 9.17) is 0 Å². The number of carbonyl (C=O) groups is 2. The molecule has 7 heteroatoms. The summed E-state index contributed by atoms with van der Waals surface area (Å²) in [4.78, 5) is 34.0. The number of amides is 2. The van der Waals surface area contributed by atoms with E-state index in [2.05, 4.69) is 22.1 Å². The number of nitrogens with zero attached hydrogens (tertiary/aromatic N) is 4. The SMILES string of the molecule is CCN1CCN(C(=O)c2nc(C(=O)NC3CC3)c3ccccn23)CC1. The highest BCUT2D eigenvalue weighted by atomic mass is 16.2. The van der Waals surface area contributed by atoms with Gasteiger partial charge in [0.05, 0.1) is 5.52 Å². The van der Waals surface area contributed by atoms with Crippen LogP contribution in [-0.4, -0.2) is 69.8 Å². The summed E-state index contributed by atoms with van der Waals surface area (Å²) in [5.74, 6) is 0.0185. The van der Waals surface area contributed by atoms with Gasteiger partial charge in [-0.3, -0.25) is 14.0 Å². The zero-order chi connectivity index (χ0) is 17.4. The molecule has 2 fully saturated rings. The molecule has 2 aromatic rings. The van der Waals surface area contributed by atoms with E-state index in [1.165, 1.54) is 0 Å². The van der Waals surface area contributed by atoms with Crippen LogP contribution in [0.15, 0.2) is 24.4 Å². The Morgan fingerprint density at radius 3 is 2.64 bits per heavy atom. The van der Waals surface area contributed by atoms with Crippen LogP contribution in [0.1, 0.15) is 40.9 Å². The Morgan fingerprint density at radius 1 is 1.20 bits per heavy atom. The van der Waals surface area contributed by atoms with Gasteiger partial charge in [0.25, 0.3) is 11.8 Å². The lowest BCUT2D eigenvalue weighted by Gasteiger charge is -2.33. The summed E-state index contributed by atoms with van der Waals surface area (Å²) in [6.45, 7) is 6.27. The fourth-order valence-electron chi connectivity index (χ4n) is 3.25. The van der Waals surface area contributed by atoms with Crippen molar-refractivity contribution in [3.63, 3.8) is 0 Å². The van der Waals surface area contributed by atoms with E-state index in [1.807, 2.05) is 23.1 Å². The van der Waals surface area contributed by atoms with Gasteiger partial charge in [0.2, 0.25) is 5.82 Å². The van der Waals surface area contributed by atoms with Crippen molar-refractivity contribution in [1.82, 2.24) is 24.5 Å². The van der Waals surface area contributed by atoms with Crippen LogP contribution < -0.4 is 5.32 Å². The van der Waals surface area contributed by atoms with E-state index in [1.54, 1.807) is 10.6 Å². The van der Waals surface area contributed by atoms with Gasteiger partial charge in [-0.1, -0.05) is 13.0 Å². The van der Waals surface area contributed by atoms with Crippen molar-refractivity contribution in [2.75, 3.05) is 32.7 Å². The first-order chi connectivity index (χ1) is 12.2. The van der Waals surface area contributed by atoms with E-state index >= 15 is 0 Å². The van der Waals surface area contributed by atoms with Crippen LogP contribution in [0.3, 0.4) is 0 Å². The summed E-state index contributed by atoms with van der Waals surface area (Å²) in [6.07, 6.45) is 3.84. The zero-order valence-electron chi connectivity index (χ0n) is 14.4. The maximum atomic E-state index is 13.0. The van der Waals surface area contributed by atoms with Crippen LogP contribution in [0.4, 0.5) is 0 Å². The molecule has 0 aromatic carbocycles. The van der Waals surface area contributed by atoms with Gasteiger partial charge in [0, 0.05) is 38.4 Å². The van der Waals surface area contributed by atoms with Crippen molar-refractivity contribution in [2.45, 2.75) is 25.8 Å². The normalized spacial score (nSPS) is 18.5. The van der Waals surface area contributed by atoms with E-state index in [0.29, 0.717) is 30.1 Å². The average Bonchev–Trinajstić information content (AvgIpc) is 3.38. The van der Waals surface area contributed by atoms with Gasteiger partial charge < -0.3 is 15.1 Å². The predicted molar refractivity (Wildman–Crippen MR) is 93.7 cm³/mol. The molecule has 1 aliphatic heterocycles. The Bertz CT molecular complexity index is 803. The van der Waals surface area contributed by atoms with Crippen LogP contribution in [-0.2, 0) is 0 Å². The van der Waals surface area contributed by atoms with E-state index in [9.17, 15) is 9.59 Å². The van der Waals surface area contributed by atoms with Crippen LogP contribution in [0, 0.1) is 0 Å². The number of nitrogens with one attached hydrogen (secondary N) is 1. The molecule has 7 nitrogen and oxygen atoms in total. The Hall–Kier alpha value is -2.41. The second-order valence-corrected chi connectivity index (χ2v) is 6.71. The van der Waals surface area contributed by atoms with Crippen LogP contribution in [0.2, 0.25) is 0 Å². The van der Waals surface area contributed by atoms with Crippen molar-refractivity contribution in [3.8, 4) is 0 Å².